The Morgan fingerprint density at radius 1 is 0.857 bits per heavy atom. The monoisotopic (exact) mass is 589 g/mol. The summed E-state index contributed by atoms with van der Waals surface area (Å²) in [5, 5.41) is 10.6. The van der Waals surface area contributed by atoms with Crippen LogP contribution < -0.4 is 0 Å². The minimum absolute atomic E-state index is 0.105. The molecule has 2 rings (SSSR count). The van der Waals surface area contributed by atoms with Gasteiger partial charge in [0.2, 0.25) is 0 Å². The molecule has 35 heavy (non-hydrogen) atoms. The van der Waals surface area contributed by atoms with Gasteiger partial charge in [-0.1, -0.05) is 0 Å². The maximum absolute atomic E-state index is 13.8. The average molecular weight is 588 g/mol. The Labute approximate surface area is 218 Å². The molecule has 0 aliphatic rings. The van der Waals surface area contributed by atoms with Gasteiger partial charge in [-0.2, -0.15) is 0 Å². The van der Waals surface area contributed by atoms with Crippen LogP contribution in [0.2, 0.25) is 13.3 Å². The second kappa shape index (κ2) is 16.3. The van der Waals surface area contributed by atoms with Crippen molar-refractivity contribution in [3.63, 3.8) is 0 Å². The SMILES string of the molecule is CCC[CH2][Sn]([CH2]CCC)([CH2]CCC)[C@@H](C)N(C(=O)OCc1ccccc1)[C@@H](CO)c1ccccc1. The van der Waals surface area contributed by atoms with E-state index in [-0.39, 0.29) is 23.4 Å². The fourth-order valence-corrected chi connectivity index (χ4v) is 22.5. The van der Waals surface area contributed by atoms with Gasteiger partial charge >= 0.3 is 219 Å². The van der Waals surface area contributed by atoms with Gasteiger partial charge in [-0.05, 0) is 0 Å². The van der Waals surface area contributed by atoms with E-state index in [9.17, 15) is 9.90 Å². The van der Waals surface area contributed by atoms with Crippen LogP contribution in [0.3, 0.4) is 0 Å². The molecule has 0 spiro atoms. The molecule has 0 bridgehead atoms. The molecule has 0 unspecified atom stereocenters. The molecule has 0 saturated carbocycles. The van der Waals surface area contributed by atoms with E-state index in [1.807, 2.05) is 65.6 Å². The van der Waals surface area contributed by atoms with Crippen LogP contribution in [0.15, 0.2) is 60.7 Å². The Hall–Kier alpha value is -1.53. The van der Waals surface area contributed by atoms with Crippen molar-refractivity contribution >= 4 is 24.5 Å². The van der Waals surface area contributed by atoms with Gasteiger partial charge in [-0.15, -0.1) is 0 Å². The zero-order valence-corrected chi connectivity index (χ0v) is 25.3. The van der Waals surface area contributed by atoms with Crippen molar-refractivity contribution < 1.29 is 14.6 Å². The molecular formula is C30H47NO3Sn. The standard InChI is InChI=1S/C18H20NO3.3C4H9.Sn/c1-2-19(17(13-20)16-11-7-4-8-12-16)18(21)22-14-15-9-5-3-6-10-15;3*1-3-4-2;/h2-12,17,20H,13-14H2,1H3;3*1,3-4H2,2H3;/t17-;;;;/m0..../s1. The first-order valence-electron chi connectivity index (χ1n) is 13.7. The zero-order chi connectivity index (χ0) is 25.5. The van der Waals surface area contributed by atoms with E-state index in [1.54, 1.807) is 0 Å². The van der Waals surface area contributed by atoms with Crippen molar-refractivity contribution in [2.45, 2.75) is 96.2 Å². The number of amides is 1. The number of carbonyl (C=O) groups is 1. The van der Waals surface area contributed by atoms with E-state index in [1.165, 1.54) is 51.8 Å². The van der Waals surface area contributed by atoms with Gasteiger partial charge in [0.1, 0.15) is 0 Å². The number of hydrogen-bond donors (Lipinski definition) is 1. The molecule has 0 saturated heterocycles. The third-order valence-corrected chi connectivity index (χ3v) is 24.9. The normalized spacial score (nSPS) is 13.3. The van der Waals surface area contributed by atoms with Gasteiger partial charge in [-0.25, -0.2) is 0 Å². The van der Waals surface area contributed by atoms with Crippen molar-refractivity contribution in [3.05, 3.63) is 71.8 Å². The van der Waals surface area contributed by atoms with Crippen LogP contribution in [0.1, 0.15) is 83.4 Å². The van der Waals surface area contributed by atoms with Crippen molar-refractivity contribution in [2.75, 3.05) is 6.61 Å². The molecule has 1 N–H and O–H groups in total. The van der Waals surface area contributed by atoms with Crippen molar-refractivity contribution in [1.29, 1.82) is 0 Å². The fourth-order valence-electron chi connectivity index (χ4n) is 5.26. The van der Waals surface area contributed by atoms with Gasteiger partial charge in [0.05, 0.1) is 0 Å². The number of aliphatic hydroxyl groups excluding tert-OH is 1. The average Bonchev–Trinajstić information content (AvgIpc) is 2.90. The van der Waals surface area contributed by atoms with Gasteiger partial charge in [-0.3, -0.25) is 0 Å². The number of carbonyl (C=O) groups excluding carboxylic acids is 1. The number of rotatable bonds is 16. The molecule has 5 heteroatoms. The molecular weight excluding hydrogens is 541 g/mol. The Morgan fingerprint density at radius 2 is 1.34 bits per heavy atom. The predicted octanol–water partition coefficient (Wildman–Crippen LogP) is 8.14. The molecule has 0 radical (unpaired) electrons. The second-order valence-electron chi connectivity index (χ2n) is 9.91. The molecule has 0 fully saturated rings. The summed E-state index contributed by atoms with van der Waals surface area (Å²) < 4.78 is 9.96. The van der Waals surface area contributed by atoms with Crippen LogP contribution in [0, 0.1) is 0 Å². The Kier molecular flexibility index (Phi) is 13.8. The second-order valence-corrected chi connectivity index (χ2v) is 24.3. The number of benzene rings is 2. The fraction of sp³-hybridized carbons (Fsp3) is 0.567. The summed E-state index contributed by atoms with van der Waals surface area (Å²) in [4.78, 5) is 15.8. The van der Waals surface area contributed by atoms with Crippen molar-refractivity contribution in [1.82, 2.24) is 4.90 Å². The van der Waals surface area contributed by atoms with Crippen LogP contribution in [0.4, 0.5) is 4.79 Å². The summed E-state index contributed by atoms with van der Waals surface area (Å²) in [5.41, 5.74) is 1.95. The summed E-state index contributed by atoms with van der Waals surface area (Å²) in [6.07, 6.45) is 6.95. The molecule has 1 amide bonds. The van der Waals surface area contributed by atoms with Gasteiger partial charge in [0.25, 0.3) is 0 Å². The van der Waals surface area contributed by atoms with E-state index in [0.717, 1.165) is 11.1 Å². The molecule has 0 aliphatic carbocycles. The van der Waals surface area contributed by atoms with Crippen LogP contribution in [-0.4, -0.2) is 45.1 Å². The van der Waals surface area contributed by atoms with Crippen LogP contribution in [0.25, 0.3) is 0 Å². The number of nitrogens with zero attached hydrogens (tertiary/aromatic N) is 1. The number of hydrogen-bond acceptors (Lipinski definition) is 3. The topological polar surface area (TPSA) is 49.8 Å². The molecule has 0 aromatic heterocycles. The van der Waals surface area contributed by atoms with E-state index >= 15 is 0 Å². The Balaban J connectivity index is 2.47. The van der Waals surface area contributed by atoms with E-state index < -0.39 is 24.4 Å². The summed E-state index contributed by atoms with van der Waals surface area (Å²) in [6, 6.07) is 19.5. The molecule has 2 atom stereocenters. The first-order chi connectivity index (χ1) is 17.0. The quantitative estimate of drug-likeness (QED) is 0.202. The first-order valence-corrected chi connectivity index (χ1v) is 21.4. The summed E-state index contributed by atoms with van der Waals surface area (Å²) in [6.45, 7) is 9.24. The minimum atomic E-state index is -2.86. The van der Waals surface area contributed by atoms with Crippen LogP contribution in [-0.2, 0) is 11.3 Å². The Bertz CT molecular complexity index is 808. The zero-order valence-electron chi connectivity index (χ0n) is 22.4. The number of ether oxygens (including phenoxy) is 1. The van der Waals surface area contributed by atoms with Gasteiger partial charge < -0.3 is 0 Å². The molecule has 2 aromatic carbocycles. The summed E-state index contributed by atoms with van der Waals surface area (Å²) >= 11 is -2.86. The van der Waals surface area contributed by atoms with Crippen LogP contribution >= 0.6 is 0 Å². The Morgan fingerprint density at radius 3 is 1.80 bits per heavy atom. The van der Waals surface area contributed by atoms with Crippen molar-refractivity contribution in [3.8, 4) is 0 Å². The summed E-state index contributed by atoms with van der Waals surface area (Å²) in [5.74, 6) is 0. The van der Waals surface area contributed by atoms with E-state index in [4.69, 9.17) is 4.74 Å². The molecule has 4 nitrogen and oxygen atoms in total. The van der Waals surface area contributed by atoms with Crippen LogP contribution in [0.5, 0.6) is 0 Å². The molecule has 0 aliphatic heterocycles. The van der Waals surface area contributed by atoms with Gasteiger partial charge in [0.15, 0.2) is 0 Å². The van der Waals surface area contributed by atoms with E-state index in [0.29, 0.717) is 0 Å². The number of unbranched alkanes of at least 4 members (excludes halogenated alkanes) is 3. The van der Waals surface area contributed by atoms with E-state index in [2.05, 4.69) is 27.7 Å². The third-order valence-electron chi connectivity index (χ3n) is 7.50. The number of aliphatic hydroxyl groups is 1. The summed E-state index contributed by atoms with van der Waals surface area (Å²) in [7, 11) is 0. The molecule has 0 heterocycles. The maximum atomic E-state index is 13.8. The molecule has 194 valence electrons. The molecule has 2 aromatic rings. The van der Waals surface area contributed by atoms with Gasteiger partial charge in [0, 0.05) is 0 Å². The third kappa shape index (κ3) is 8.82. The first kappa shape index (κ1) is 29.7. The predicted molar refractivity (Wildman–Crippen MR) is 149 cm³/mol. The van der Waals surface area contributed by atoms with Crippen molar-refractivity contribution in [2.24, 2.45) is 0 Å².